The third-order valence-electron chi connectivity index (χ3n) is 4.68. The number of hydrogen-bond acceptors (Lipinski definition) is 5. The van der Waals surface area contributed by atoms with Gasteiger partial charge in [0.25, 0.3) is 5.91 Å². The molecule has 3 heterocycles. The zero-order valence-corrected chi connectivity index (χ0v) is 13.7. The van der Waals surface area contributed by atoms with Crippen LogP contribution in [0.1, 0.15) is 28.9 Å². The van der Waals surface area contributed by atoms with E-state index < -0.39 is 0 Å². The van der Waals surface area contributed by atoms with Crippen LogP contribution in [0.3, 0.4) is 0 Å². The van der Waals surface area contributed by atoms with Crippen molar-refractivity contribution in [3.8, 4) is 16.3 Å². The molecule has 3 atom stereocenters. The van der Waals surface area contributed by atoms with Crippen molar-refractivity contribution < 1.29 is 9.53 Å². The van der Waals surface area contributed by atoms with Crippen molar-refractivity contribution in [2.75, 3.05) is 7.11 Å². The molecule has 4 rings (SSSR count). The van der Waals surface area contributed by atoms with E-state index in [1.807, 2.05) is 24.3 Å². The van der Waals surface area contributed by atoms with Gasteiger partial charge in [0.15, 0.2) is 0 Å². The van der Waals surface area contributed by atoms with Gasteiger partial charge in [-0.3, -0.25) is 4.79 Å². The number of nitrogens with one attached hydrogen (secondary N) is 2. The average Bonchev–Trinajstić information content (AvgIpc) is 3.31. The number of carbonyl (C=O) groups is 1. The Morgan fingerprint density at radius 1 is 1.39 bits per heavy atom. The van der Waals surface area contributed by atoms with Crippen LogP contribution in [0.25, 0.3) is 10.6 Å². The van der Waals surface area contributed by atoms with E-state index in [-0.39, 0.29) is 11.9 Å². The zero-order valence-electron chi connectivity index (χ0n) is 12.9. The molecule has 2 fully saturated rings. The molecule has 2 aliphatic rings. The molecule has 2 N–H and O–H groups in total. The summed E-state index contributed by atoms with van der Waals surface area (Å²) >= 11 is 1.40. The number of fused-ring (bicyclic) bond motifs is 2. The predicted molar refractivity (Wildman–Crippen MR) is 89.9 cm³/mol. The summed E-state index contributed by atoms with van der Waals surface area (Å²) in [4.78, 5) is 17.5. The van der Waals surface area contributed by atoms with Gasteiger partial charge in [-0.1, -0.05) is 12.1 Å². The van der Waals surface area contributed by atoms with Crippen LogP contribution >= 0.6 is 11.3 Å². The van der Waals surface area contributed by atoms with Gasteiger partial charge in [-0.2, -0.15) is 0 Å². The number of hydrogen-bond donors (Lipinski definition) is 2. The van der Waals surface area contributed by atoms with Gasteiger partial charge in [0, 0.05) is 18.1 Å². The van der Waals surface area contributed by atoms with Crippen molar-refractivity contribution in [1.29, 1.82) is 0 Å². The SMILES string of the molecule is COc1ccccc1-c1ncc(C(=O)NC2CC3CCC2N3)s1. The van der Waals surface area contributed by atoms with Crippen molar-refractivity contribution in [2.45, 2.75) is 37.4 Å². The molecule has 0 radical (unpaired) electrons. The molecule has 0 aliphatic carbocycles. The number of benzene rings is 1. The Hall–Kier alpha value is -1.92. The number of thiazole rings is 1. The minimum absolute atomic E-state index is 0.0250. The summed E-state index contributed by atoms with van der Waals surface area (Å²) in [5.41, 5.74) is 0.917. The first-order valence-corrected chi connectivity index (χ1v) is 8.72. The van der Waals surface area contributed by atoms with E-state index in [0.717, 1.165) is 29.2 Å². The largest absolute Gasteiger partial charge is 0.496 e. The molecule has 1 amide bonds. The van der Waals surface area contributed by atoms with Crippen LogP contribution in [-0.2, 0) is 0 Å². The number of methoxy groups -OCH3 is 1. The number of aromatic nitrogens is 1. The minimum atomic E-state index is -0.0250. The van der Waals surface area contributed by atoms with Gasteiger partial charge in [0.2, 0.25) is 0 Å². The number of ether oxygens (including phenoxy) is 1. The predicted octanol–water partition coefficient (Wildman–Crippen LogP) is 2.44. The first kappa shape index (κ1) is 14.7. The van der Waals surface area contributed by atoms with Crippen molar-refractivity contribution in [3.63, 3.8) is 0 Å². The molecule has 2 saturated heterocycles. The van der Waals surface area contributed by atoms with Gasteiger partial charge in [-0.25, -0.2) is 4.98 Å². The Kier molecular flexibility index (Phi) is 3.79. The molecule has 1 aromatic carbocycles. The number of rotatable bonds is 4. The molecular formula is C17H19N3O2S. The van der Waals surface area contributed by atoms with E-state index in [0.29, 0.717) is 17.0 Å². The van der Waals surface area contributed by atoms with E-state index in [9.17, 15) is 4.79 Å². The highest BCUT2D eigenvalue weighted by molar-refractivity contribution is 7.16. The van der Waals surface area contributed by atoms with Gasteiger partial charge < -0.3 is 15.4 Å². The summed E-state index contributed by atoms with van der Waals surface area (Å²) in [6, 6.07) is 8.99. The Morgan fingerprint density at radius 2 is 2.26 bits per heavy atom. The van der Waals surface area contributed by atoms with Crippen LogP contribution < -0.4 is 15.4 Å². The molecule has 120 valence electrons. The lowest BCUT2D eigenvalue weighted by Gasteiger charge is -2.20. The molecule has 2 aromatic rings. The summed E-state index contributed by atoms with van der Waals surface area (Å²) < 4.78 is 5.37. The highest BCUT2D eigenvalue weighted by Crippen LogP contribution is 2.33. The maximum Gasteiger partial charge on any atom is 0.263 e. The van der Waals surface area contributed by atoms with Gasteiger partial charge in [0.05, 0.1) is 18.9 Å². The summed E-state index contributed by atoms with van der Waals surface area (Å²) in [6.07, 6.45) is 5.08. The summed E-state index contributed by atoms with van der Waals surface area (Å²) in [6.45, 7) is 0. The van der Waals surface area contributed by atoms with E-state index in [2.05, 4.69) is 15.6 Å². The zero-order chi connectivity index (χ0) is 15.8. The Labute approximate surface area is 139 Å². The average molecular weight is 329 g/mol. The summed E-state index contributed by atoms with van der Waals surface area (Å²) in [5, 5.41) is 7.50. The van der Waals surface area contributed by atoms with Crippen LogP contribution in [0, 0.1) is 0 Å². The molecular weight excluding hydrogens is 310 g/mol. The molecule has 1 aromatic heterocycles. The number of amides is 1. The lowest BCUT2D eigenvalue weighted by molar-refractivity contribution is 0.0935. The van der Waals surface area contributed by atoms with Crippen molar-refractivity contribution in [1.82, 2.24) is 15.6 Å². The Morgan fingerprint density at radius 3 is 3.00 bits per heavy atom. The lowest BCUT2D eigenvalue weighted by Crippen LogP contribution is -2.42. The monoisotopic (exact) mass is 329 g/mol. The quantitative estimate of drug-likeness (QED) is 0.904. The van der Waals surface area contributed by atoms with E-state index in [1.54, 1.807) is 13.3 Å². The fraction of sp³-hybridized carbons (Fsp3) is 0.412. The molecule has 0 spiro atoms. The molecule has 2 aliphatic heterocycles. The summed E-state index contributed by atoms with van der Waals surface area (Å²) in [7, 11) is 1.64. The second kappa shape index (κ2) is 5.94. The normalized spacial score (nSPS) is 25.5. The van der Waals surface area contributed by atoms with E-state index in [1.165, 1.54) is 17.8 Å². The van der Waals surface area contributed by atoms with Crippen LogP contribution in [0.15, 0.2) is 30.5 Å². The highest BCUT2D eigenvalue weighted by atomic mass is 32.1. The van der Waals surface area contributed by atoms with Gasteiger partial charge in [-0.15, -0.1) is 11.3 Å². The third kappa shape index (κ3) is 2.72. The Balaban J connectivity index is 1.50. The topological polar surface area (TPSA) is 63.2 Å². The first-order valence-electron chi connectivity index (χ1n) is 7.90. The second-order valence-electron chi connectivity index (χ2n) is 6.09. The van der Waals surface area contributed by atoms with Crippen LogP contribution in [0.2, 0.25) is 0 Å². The van der Waals surface area contributed by atoms with Crippen molar-refractivity contribution in [2.24, 2.45) is 0 Å². The fourth-order valence-corrected chi connectivity index (χ4v) is 4.40. The van der Waals surface area contributed by atoms with Gasteiger partial charge >= 0.3 is 0 Å². The second-order valence-corrected chi connectivity index (χ2v) is 7.12. The number of carbonyl (C=O) groups excluding carboxylic acids is 1. The van der Waals surface area contributed by atoms with Crippen LogP contribution in [0.5, 0.6) is 5.75 Å². The molecule has 3 unspecified atom stereocenters. The third-order valence-corrected chi connectivity index (χ3v) is 5.71. The van der Waals surface area contributed by atoms with E-state index >= 15 is 0 Å². The van der Waals surface area contributed by atoms with Gasteiger partial charge in [-0.05, 0) is 31.4 Å². The standard InChI is InChI=1S/C17H19N3O2S/c1-22-14-5-3-2-4-11(14)17-18-9-15(23-17)16(21)20-13-8-10-6-7-12(13)19-10/h2-5,9-10,12-13,19H,6-8H2,1H3,(H,20,21). The molecule has 6 heteroatoms. The minimum Gasteiger partial charge on any atom is -0.496 e. The summed E-state index contributed by atoms with van der Waals surface area (Å²) in [5.74, 6) is 0.745. The Bertz CT molecular complexity index is 730. The van der Waals surface area contributed by atoms with Gasteiger partial charge in [0.1, 0.15) is 15.6 Å². The fourth-order valence-electron chi connectivity index (χ4n) is 3.55. The molecule has 23 heavy (non-hydrogen) atoms. The molecule has 2 bridgehead atoms. The maximum atomic E-state index is 12.5. The van der Waals surface area contributed by atoms with E-state index in [4.69, 9.17) is 4.74 Å². The van der Waals surface area contributed by atoms with Crippen molar-refractivity contribution in [3.05, 3.63) is 35.3 Å². The molecule has 0 saturated carbocycles. The van der Waals surface area contributed by atoms with Crippen molar-refractivity contribution >= 4 is 17.2 Å². The smallest absolute Gasteiger partial charge is 0.263 e. The number of para-hydroxylation sites is 1. The molecule has 5 nitrogen and oxygen atoms in total. The highest BCUT2D eigenvalue weighted by Gasteiger charge is 2.39. The van der Waals surface area contributed by atoms with Crippen LogP contribution in [-0.4, -0.2) is 36.1 Å². The van der Waals surface area contributed by atoms with Crippen LogP contribution in [0.4, 0.5) is 0 Å². The first-order chi connectivity index (χ1) is 11.2. The lowest BCUT2D eigenvalue weighted by atomic mass is 9.95. The maximum absolute atomic E-state index is 12.5. The number of nitrogens with zero attached hydrogens (tertiary/aromatic N) is 1.